The Morgan fingerprint density at radius 2 is 2.16 bits per heavy atom. The summed E-state index contributed by atoms with van der Waals surface area (Å²) in [6.45, 7) is 8.80. The zero-order valence-corrected chi connectivity index (χ0v) is 13.0. The van der Waals surface area contributed by atoms with Gasteiger partial charge in [-0.1, -0.05) is 26.7 Å². The van der Waals surface area contributed by atoms with Gasteiger partial charge in [0.05, 0.1) is 6.61 Å². The number of ether oxygens (including phenoxy) is 1. The van der Waals surface area contributed by atoms with Crippen LogP contribution in [0.4, 0.5) is 5.13 Å². The van der Waals surface area contributed by atoms with E-state index in [2.05, 4.69) is 31.1 Å². The van der Waals surface area contributed by atoms with Gasteiger partial charge >= 0.3 is 5.97 Å². The summed E-state index contributed by atoms with van der Waals surface area (Å²) in [6.07, 6.45) is 3.58. The minimum atomic E-state index is -0.348. The molecule has 1 rings (SSSR count). The molecule has 1 heterocycles. The quantitative estimate of drug-likeness (QED) is 0.734. The number of nitrogens with one attached hydrogen (secondary N) is 1. The number of anilines is 1. The Hall–Kier alpha value is -1.10. The summed E-state index contributed by atoms with van der Waals surface area (Å²) >= 11 is 1.45. The van der Waals surface area contributed by atoms with Crippen LogP contribution < -0.4 is 5.32 Å². The molecule has 1 atom stereocenters. The van der Waals surface area contributed by atoms with Crippen LogP contribution in [0.25, 0.3) is 0 Å². The number of esters is 1. The summed E-state index contributed by atoms with van der Waals surface area (Å²) in [7, 11) is 0. The van der Waals surface area contributed by atoms with Crippen molar-refractivity contribution in [2.45, 2.75) is 53.0 Å². The molecule has 0 aliphatic carbocycles. The molecule has 0 amide bonds. The predicted molar refractivity (Wildman–Crippen MR) is 79.8 cm³/mol. The van der Waals surface area contributed by atoms with Crippen LogP contribution >= 0.6 is 11.3 Å². The molecule has 1 aromatic rings. The number of thiazole rings is 1. The topological polar surface area (TPSA) is 51.2 Å². The SMILES string of the molecule is CCOC(=O)c1csc(N[C@H](C)CCCC(C)C)n1. The third-order valence-electron chi connectivity index (χ3n) is 2.78. The lowest BCUT2D eigenvalue weighted by molar-refractivity contribution is 0.0520. The largest absolute Gasteiger partial charge is 0.461 e. The molecule has 5 heteroatoms. The summed E-state index contributed by atoms with van der Waals surface area (Å²) in [5.41, 5.74) is 0.392. The fourth-order valence-corrected chi connectivity index (χ4v) is 2.55. The van der Waals surface area contributed by atoms with Crippen LogP contribution in [-0.2, 0) is 4.74 Å². The molecule has 0 unspecified atom stereocenters. The Bertz CT molecular complexity index is 391. The molecule has 0 aromatic carbocycles. The molecule has 0 aliphatic rings. The van der Waals surface area contributed by atoms with Gasteiger partial charge in [0, 0.05) is 11.4 Å². The first-order valence-corrected chi connectivity index (χ1v) is 7.80. The lowest BCUT2D eigenvalue weighted by Gasteiger charge is -2.13. The van der Waals surface area contributed by atoms with Gasteiger partial charge < -0.3 is 10.1 Å². The first-order chi connectivity index (χ1) is 9.02. The number of carbonyl (C=O) groups is 1. The van der Waals surface area contributed by atoms with Gasteiger partial charge in [0.2, 0.25) is 0 Å². The van der Waals surface area contributed by atoms with Crippen molar-refractivity contribution >= 4 is 22.4 Å². The van der Waals surface area contributed by atoms with E-state index in [4.69, 9.17) is 4.74 Å². The number of nitrogens with zero attached hydrogens (tertiary/aromatic N) is 1. The summed E-state index contributed by atoms with van der Waals surface area (Å²) < 4.78 is 4.91. The van der Waals surface area contributed by atoms with Crippen LogP contribution in [0.5, 0.6) is 0 Å². The van der Waals surface area contributed by atoms with Crippen molar-refractivity contribution in [3.63, 3.8) is 0 Å². The van der Waals surface area contributed by atoms with Crippen LogP contribution in [0.1, 0.15) is 57.4 Å². The van der Waals surface area contributed by atoms with E-state index in [-0.39, 0.29) is 5.97 Å². The Morgan fingerprint density at radius 1 is 1.42 bits per heavy atom. The summed E-state index contributed by atoms with van der Waals surface area (Å²) in [6, 6.07) is 0.375. The molecular formula is C14H24N2O2S. The van der Waals surface area contributed by atoms with E-state index in [1.807, 2.05) is 0 Å². The number of aromatic nitrogens is 1. The Balaban J connectivity index is 2.38. The number of hydrogen-bond donors (Lipinski definition) is 1. The highest BCUT2D eigenvalue weighted by molar-refractivity contribution is 7.13. The van der Waals surface area contributed by atoms with E-state index >= 15 is 0 Å². The normalized spacial score (nSPS) is 12.5. The second-order valence-corrected chi connectivity index (χ2v) is 5.99. The van der Waals surface area contributed by atoms with Gasteiger partial charge in [-0.2, -0.15) is 0 Å². The minimum absolute atomic E-state index is 0.348. The molecular weight excluding hydrogens is 260 g/mol. The van der Waals surface area contributed by atoms with Gasteiger partial charge in [0.25, 0.3) is 0 Å². The van der Waals surface area contributed by atoms with Crippen LogP contribution in [0.3, 0.4) is 0 Å². The molecule has 108 valence electrons. The third-order valence-corrected chi connectivity index (χ3v) is 3.55. The van der Waals surface area contributed by atoms with Gasteiger partial charge in [-0.15, -0.1) is 11.3 Å². The standard InChI is InChI=1S/C14H24N2O2S/c1-5-18-13(17)12-9-19-14(16-12)15-11(4)8-6-7-10(2)3/h9-11H,5-8H2,1-4H3,(H,15,16)/t11-/m1/s1. The minimum Gasteiger partial charge on any atom is -0.461 e. The average Bonchev–Trinajstić information content (AvgIpc) is 2.77. The molecule has 0 bridgehead atoms. The zero-order valence-electron chi connectivity index (χ0n) is 12.2. The fourth-order valence-electron chi connectivity index (χ4n) is 1.75. The summed E-state index contributed by atoms with van der Waals surface area (Å²) in [5.74, 6) is 0.404. The molecule has 0 spiro atoms. The van der Waals surface area contributed by atoms with Crippen LogP contribution in [0.2, 0.25) is 0 Å². The molecule has 0 saturated heterocycles. The van der Waals surface area contributed by atoms with Crippen molar-refractivity contribution in [1.82, 2.24) is 4.98 Å². The number of carbonyl (C=O) groups excluding carboxylic acids is 1. The van der Waals surface area contributed by atoms with Crippen molar-refractivity contribution in [3.8, 4) is 0 Å². The maximum atomic E-state index is 11.5. The van der Waals surface area contributed by atoms with Crippen molar-refractivity contribution in [2.75, 3.05) is 11.9 Å². The second-order valence-electron chi connectivity index (χ2n) is 5.13. The van der Waals surface area contributed by atoms with Gasteiger partial charge in [-0.3, -0.25) is 0 Å². The van der Waals surface area contributed by atoms with Crippen LogP contribution in [0, 0.1) is 5.92 Å². The zero-order chi connectivity index (χ0) is 14.3. The monoisotopic (exact) mass is 284 g/mol. The maximum Gasteiger partial charge on any atom is 0.357 e. The van der Waals surface area contributed by atoms with Gasteiger partial charge in [-0.05, 0) is 26.2 Å². The molecule has 4 nitrogen and oxygen atoms in total. The van der Waals surface area contributed by atoms with Crippen molar-refractivity contribution < 1.29 is 9.53 Å². The van der Waals surface area contributed by atoms with Gasteiger partial charge in [0.1, 0.15) is 0 Å². The highest BCUT2D eigenvalue weighted by atomic mass is 32.1. The van der Waals surface area contributed by atoms with Crippen molar-refractivity contribution in [3.05, 3.63) is 11.1 Å². The smallest absolute Gasteiger partial charge is 0.357 e. The lowest BCUT2D eigenvalue weighted by atomic mass is 10.0. The van der Waals surface area contributed by atoms with Crippen molar-refractivity contribution in [2.24, 2.45) is 5.92 Å². The molecule has 1 N–H and O–H groups in total. The Labute approximate surface area is 119 Å². The molecule has 19 heavy (non-hydrogen) atoms. The fraction of sp³-hybridized carbons (Fsp3) is 0.714. The average molecular weight is 284 g/mol. The number of hydrogen-bond acceptors (Lipinski definition) is 5. The van der Waals surface area contributed by atoms with E-state index < -0.39 is 0 Å². The van der Waals surface area contributed by atoms with E-state index in [1.165, 1.54) is 24.2 Å². The second kappa shape index (κ2) is 8.15. The molecule has 0 radical (unpaired) electrons. The number of rotatable bonds is 8. The Kier molecular flexibility index (Phi) is 6.84. The first-order valence-electron chi connectivity index (χ1n) is 6.92. The lowest BCUT2D eigenvalue weighted by Crippen LogP contribution is -2.15. The predicted octanol–water partition coefficient (Wildman–Crippen LogP) is 3.95. The molecule has 0 saturated carbocycles. The van der Waals surface area contributed by atoms with E-state index in [9.17, 15) is 4.79 Å². The van der Waals surface area contributed by atoms with E-state index in [0.717, 1.165) is 17.5 Å². The van der Waals surface area contributed by atoms with E-state index in [1.54, 1.807) is 12.3 Å². The summed E-state index contributed by atoms with van der Waals surface area (Å²) in [5, 5.41) is 5.86. The highest BCUT2D eigenvalue weighted by Gasteiger charge is 2.12. The van der Waals surface area contributed by atoms with Crippen LogP contribution in [-0.4, -0.2) is 23.6 Å². The Morgan fingerprint density at radius 3 is 2.79 bits per heavy atom. The highest BCUT2D eigenvalue weighted by Crippen LogP contribution is 2.19. The molecule has 0 fully saturated rings. The van der Waals surface area contributed by atoms with Crippen molar-refractivity contribution in [1.29, 1.82) is 0 Å². The maximum absolute atomic E-state index is 11.5. The summed E-state index contributed by atoms with van der Waals surface area (Å²) in [4.78, 5) is 15.7. The molecule has 1 aromatic heterocycles. The first kappa shape index (κ1) is 16.0. The van der Waals surface area contributed by atoms with E-state index in [0.29, 0.717) is 18.3 Å². The van der Waals surface area contributed by atoms with Gasteiger partial charge in [0.15, 0.2) is 10.8 Å². The van der Waals surface area contributed by atoms with Gasteiger partial charge in [-0.25, -0.2) is 9.78 Å². The van der Waals surface area contributed by atoms with Crippen LogP contribution in [0.15, 0.2) is 5.38 Å². The molecule has 0 aliphatic heterocycles. The third kappa shape index (κ3) is 6.05.